The Kier molecular flexibility index (Phi) is 3.77. The molecule has 1 aromatic heterocycles. The molecule has 4 rings (SSSR count). The molecule has 0 spiro atoms. The first-order chi connectivity index (χ1) is 11.2. The predicted molar refractivity (Wildman–Crippen MR) is 92.5 cm³/mol. The van der Waals surface area contributed by atoms with E-state index in [1.54, 1.807) is 0 Å². The van der Waals surface area contributed by atoms with Crippen molar-refractivity contribution in [1.29, 1.82) is 0 Å². The van der Waals surface area contributed by atoms with Gasteiger partial charge < -0.3 is 10.3 Å². The zero-order valence-corrected chi connectivity index (χ0v) is 13.9. The molecule has 2 aromatic rings. The van der Waals surface area contributed by atoms with E-state index >= 15 is 0 Å². The standard InChI is InChI=1S/C18H26N4O/c1-11(22-16-6-4-3-5-15(16)21-18(22)23)20-14-9-12-7-8-13(10-14)17(12)19-2/h3-6,11-14,17,19-20H,7-10H2,1-2H3,(H,21,23). The second-order valence-corrected chi connectivity index (χ2v) is 7.24. The average molecular weight is 314 g/mol. The van der Waals surface area contributed by atoms with E-state index < -0.39 is 0 Å². The van der Waals surface area contributed by atoms with Crippen molar-refractivity contribution in [1.82, 2.24) is 20.2 Å². The summed E-state index contributed by atoms with van der Waals surface area (Å²) in [7, 11) is 2.10. The number of aromatic nitrogens is 2. The Morgan fingerprint density at radius 1 is 1.22 bits per heavy atom. The maximum absolute atomic E-state index is 12.3. The number of para-hydroxylation sites is 2. The van der Waals surface area contributed by atoms with Crippen LogP contribution in [0.3, 0.4) is 0 Å². The second-order valence-electron chi connectivity index (χ2n) is 7.24. The summed E-state index contributed by atoms with van der Waals surface area (Å²) in [5, 5.41) is 7.23. The molecule has 3 atom stereocenters. The summed E-state index contributed by atoms with van der Waals surface area (Å²) in [4.78, 5) is 15.3. The van der Waals surface area contributed by atoms with Crippen molar-refractivity contribution in [2.45, 2.75) is 50.9 Å². The molecule has 5 heteroatoms. The first kappa shape index (κ1) is 15.0. The van der Waals surface area contributed by atoms with Gasteiger partial charge in [-0.25, -0.2) is 4.79 Å². The van der Waals surface area contributed by atoms with Gasteiger partial charge in [-0.1, -0.05) is 12.1 Å². The highest BCUT2D eigenvalue weighted by molar-refractivity contribution is 5.75. The van der Waals surface area contributed by atoms with Crippen LogP contribution in [0.2, 0.25) is 0 Å². The highest BCUT2D eigenvalue weighted by Gasteiger charge is 2.42. The van der Waals surface area contributed by atoms with Crippen molar-refractivity contribution < 1.29 is 0 Å². The molecule has 2 fully saturated rings. The van der Waals surface area contributed by atoms with Gasteiger partial charge >= 0.3 is 5.69 Å². The third kappa shape index (κ3) is 2.52. The van der Waals surface area contributed by atoms with Crippen LogP contribution in [0.15, 0.2) is 29.1 Å². The summed E-state index contributed by atoms with van der Waals surface area (Å²) in [6, 6.07) is 9.10. The third-order valence-corrected chi connectivity index (χ3v) is 5.92. The lowest BCUT2D eigenvalue weighted by Gasteiger charge is -2.37. The first-order valence-corrected chi connectivity index (χ1v) is 8.80. The van der Waals surface area contributed by atoms with Crippen LogP contribution in [0.4, 0.5) is 0 Å². The number of rotatable bonds is 4. The van der Waals surface area contributed by atoms with Crippen LogP contribution < -0.4 is 16.3 Å². The Morgan fingerprint density at radius 3 is 2.61 bits per heavy atom. The zero-order chi connectivity index (χ0) is 16.0. The fraction of sp³-hybridized carbons (Fsp3) is 0.611. The first-order valence-electron chi connectivity index (χ1n) is 8.80. The lowest BCUT2D eigenvalue weighted by atomic mass is 9.81. The molecule has 0 amide bonds. The van der Waals surface area contributed by atoms with Crippen LogP contribution in [0.5, 0.6) is 0 Å². The van der Waals surface area contributed by atoms with Gasteiger partial charge in [0.1, 0.15) is 0 Å². The van der Waals surface area contributed by atoms with E-state index in [0.717, 1.165) is 22.9 Å². The van der Waals surface area contributed by atoms with Crippen LogP contribution in [0, 0.1) is 11.8 Å². The smallest absolute Gasteiger partial charge is 0.316 e. The number of hydrogen-bond donors (Lipinski definition) is 3. The average Bonchev–Trinajstić information content (AvgIpc) is 3.00. The Balaban J connectivity index is 1.53. The fourth-order valence-corrected chi connectivity index (χ4v) is 5.01. The van der Waals surface area contributed by atoms with Gasteiger partial charge in [0.05, 0.1) is 17.2 Å². The molecule has 0 radical (unpaired) electrons. The fourth-order valence-electron chi connectivity index (χ4n) is 5.01. The highest BCUT2D eigenvalue weighted by Crippen LogP contribution is 2.42. The Labute approximate surface area is 136 Å². The van der Waals surface area contributed by atoms with Gasteiger partial charge in [-0.05, 0) is 63.6 Å². The topological polar surface area (TPSA) is 61.9 Å². The lowest BCUT2D eigenvalue weighted by Crippen LogP contribution is -2.48. The Bertz CT molecular complexity index is 735. The number of benzene rings is 1. The molecular formula is C18H26N4O. The summed E-state index contributed by atoms with van der Waals surface area (Å²) >= 11 is 0. The van der Waals surface area contributed by atoms with E-state index in [9.17, 15) is 4.79 Å². The molecule has 2 bridgehead atoms. The molecule has 124 valence electrons. The second kappa shape index (κ2) is 5.80. The summed E-state index contributed by atoms with van der Waals surface area (Å²) in [6.45, 7) is 2.09. The van der Waals surface area contributed by atoms with E-state index in [1.165, 1.54) is 25.7 Å². The van der Waals surface area contributed by atoms with Gasteiger partial charge in [0.2, 0.25) is 0 Å². The molecule has 5 nitrogen and oxygen atoms in total. The van der Waals surface area contributed by atoms with Crippen molar-refractivity contribution in [2.24, 2.45) is 11.8 Å². The van der Waals surface area contributed by atoms with Crippen LogP contribution in [0.25, 0.3) is 11.0 Å². The van der Waals surface area contributed by atoms with Crippen LogP contribution >= 0.6 is 0 Å². The van der Waals surface area contributed by atoms with Crippen LogP contribution in [0.1, 0.15) is 38.8 Å². The van der Waals surface area contributed by atoms with Crippen molar-refractivity contribution in [3.63, 3.8) is 0 Å². The highest BCUT2D eigenvalue weighted by atomic mass is 16.1. The molecule has 2 saturated carbocycles. The molecule has 3 N–H and O–H groups in total. The minimum atomic E-state index is -0.0296. The lowest BCUT2D eigenvalue weighted by molar-refractivity contribution is 0.199. The monoisotopic (exact) mass is 314 g/mol. The zero-order valence-electron chi connectivity index (χ0n) is 13.9. The van der Waals surface area contributed by atoms with Crippen molar-refractivity contribution in [2.75, 3.05) is 7.05 Å². The van der Waals surface area contributed by atoms with Crippen molar-refractivity contribution in [3.8, 4) is 0 Å². The molecule has 1 aromatic carbocycles. The van der Waals surface area contributed by atoms with E-state index in [0.29, 0.717) is 12.1 Å². The summed E-state index contributed by atoms with van der Waals surface area (Å²) in [5.41, 5.74) is 1.85. The van der Waals surface area contributed by atoms with E-state index in [1.807, 2.05) is 28.8 Å². The van der Waals surface area contributed by atoms with Crippen molar-refractivity contribution in [3.05, 3.63) is 34.7 Å². The van der Waals surface area contributed by atoms with E-state index in [2.05, 4.69) is 29.6 Å². The molecule has 0 saturated heterocycles. The maximum atomic E-state index is 12.3. The molecule has 0 aliphatic heterocycles. The molecule has 2 aliphatic carbocycles. The summed E-state index contributed by atoms with van der Waals surface area (Å²) in [5.74, 6) is 1.56. The number of fused-ring (bicyclic) bond motifs is 3. The SMILES string of the molecule is CNC1C2CCC1CC(NC(C)n1c(=O)[nH]c3ccccc31)C2. The van der Waals surface area contributed by atoms with Gasteiger partial charge in [-0.3, -0.25) is 9.88 Å². The number of aromatic amines is 1. The van der Waals surface area contributed by atoms with Gasteiger partial charge in [0.25, 0.3) is 0 Å². The third-order valence-electron chi connectivity index (χ3n) is 5.92. The normalized spacial score (nSPS) is 31.6. The molecule has 23 heavy (non-hydrogen) atoms. The number of nitrogens with one attached hydrogen (secondary N) is 3. The van der Waals surface area contributed by atoms with Gasteiger partial charge in [-0.15, -0.1) is 0 Å². The number of nitrogens with zero attached hydrogens (tertiary/aromatic N) is 1. The quantitative estimate of drug-likeness (QED) is 0.811. The van der Waals surface area contributed by atoms with Crippen molar-refractivity contribution >= 4 is 11.0 Å². The number of H-pyrrole nitrogens is 1. The largest absolute Gasteiger partial charge is 0.327 e. The summed E-state index contributed by atoms with van der Waals surface area (Å²) < 4.78 is 1.85. The van der Waals surface area contributed by atoms with E-state index in [4.69, 9.17) is 0 Å². The molecular weight excluding hydrogens is 288 g/mol. The summed E-state index contributed by atoms with van der Waals surface area (Å²) in [6.07, 6.45) is 5.12. The van der Waals surface area contributed by atoms with E-state index in [-0.39, 0.29) is 11.9 Å². The van der Waals surface area contributed by atoms with Gasteiger partial charge in [0.15, 0.2) is 0 Å². The van der Waals surface area contributed by atoms with Crippen LogP contribution in [-0.4, -0.2) is 28.7 Å². The predicted octanol–water partition coefficient (Wildman–Crippen LogP) is 2.21. The number of imidazole rings is 1. The minimum Gasteiger partial charge on any atom is -0.316 e. The van der Waals surface area contributed by atoms with Crippen LogP contribution in [-0.2, 0) is 0 Å². The molecule has 1 heterocycles. The Hall–Kier alpha value is -1.59. The van der Waals surface area contributed by atoms with Gasteiger partial charge in [-0.2, -0.15) is 0 Å². The Morgan fingerprint density at radius 2 is 1.91 bits per heavy atom. The minimum absolute atomic E-state index is 0.00851. The number of hydrogen-bond acceptors (Lipinski definition) is 3. The van der Waals surface area contributed by atoms with Gasteiger partial charge in [0, 0.05) is 12.1 Å². The molecule has 2 aliphatic rings. The maximum Gasteiger partial charge on any atom is 0.327 e. The molecule has 3 unspecified atom stereocenters.